The largest absolute Gasteiger partial charge is 0.493 e. The summed E-state index contributed by atoms with van der Waals surface area (Å²) in [6.45, 7) is 0. The molecular weight excluding hydrogens is 405 g/mol. The first kappa shape index (κ1) is 20.1. The minimum Gasteiger partial charge on any atom is -0.493 e. The summed E-state index contributed by atoms with van der Waals surface area (Å²) in [6, 6.07) is 4.85. The predicted octanol–water partition coefficient (Wildman–Crippen LogP) is 3.37. The van der Waals surface area contributed by atoms with Crippen molar-refractivity contribution in [2.45, 2.75) is 0 Å². The molecule has 3 heterocycles. The lowest BCUT2D eigenvalue weighted by Gasteiger charge is -2.15. The highest BCUT2D eigenvalue weighted by atomic mass is 19.1. The highest BCUT2D eigenvalue weighted by molar-refractivity contribution is 5.93. The molecule has 0 saturated heterocycles. The van der Waals surface area contributed by atoms with Crippen molar-refractivity contribution < 1.29 is 18.6 Å². The number of pyridine rings is 1. The number of halogens is 1. The molecule has 0 atom stereocenters. The van der Waals surface area contributed by atoms with Crippen molar-refractivity contribution in [1.29, 1.82) is 0 Å². The van der Waals surface area contributed by atoms with Gasteiger partial charge in [0.25, 0.3) is 0 Å². The molecule has 3 aromatic heterocycles. The second kappa shape index (κ2) is 8.30. The van der Waals surface area contributed by atoms with E-state index in [9.17, 15) is 4.39 Å². The third-order valence-electron chi connectivity index (χ3n) is 4.59. The molecule has 0 aliphatic carbocycles. The average molecular weight is 425 g/mol. The van der Waals surface area contributed by atoms with Crippen LogP contribution in [0.15, 0.2) is 30.6 Å². The van der Waals surface area contributed by atoms with E-state index in [2.05, 4.69) is 35.8 Å². The van der Waals surface area contributed by atoms with Gasteiger partial charge in [0.05, 0.1) is 38.8 Å². The molecular formula is C20H20FN7O3. The van der Waals surface area contributed by atoms with Gasteiger partial charge in [-0.1, -0.05) is 0 Å². The number of nitrogens with one attached hydrogen (secondary N) is 3. The fraction of sp³-hybridized carbons (Fsp3) is 0.200. The summed E-state index contributed by atoms with van der Waals surface area (Å²) in [4.78, 5) is 12.9. The van der Waals surface area contributed by atoms with Crippen LogP contribution in [0.3, 0.4) is 0 Å². The summed E-state index contributed by atoms with van der Waals surface area (Å²) >= 11 is 0. The van der Waals surface area contributed by atoms with Crippen LogP contribution in [0.2, 0.25) is 0 Å². The van der Waals surface area contributed by atoms with E-state index in [0.717, 1.165) is 6.20 Å². The lowest BCUT2D eigenvalue weighted by molar-refractivity contribution is 0.324. The van der Waals surface area contributed by atoms with Crippen LogP contribution in [0.1, 0.15) is 0 Å². The number of rotatable bonds is 7. The topological polar surface area (TPSA) is 119 Å². The number of aromatic amines is 1. The fourth-order valence-electron chi connectivity index (χ4n) is 3.18. The van der Waals surface area contributed by atoms with Crippen LogP contribution in [0.25, 0.3) is 22.3 Å². The molecule has 4 rings (SSSR count). The molecule has 10 nitrogen and oxygen atoms in total. The summed E-state index contributed by atoms with van der Waals surface area (Å²) in [5.74, 6) is 1.86. The van der Waals surface area contributed by atoms with Crippen molar-refractivity contribution in [2.24, 2.45) is 0 Å². The first-order valence-corrected chi connectivity index (χ1v) is 9.19. The quantitative estimate of drug-likeness (QED) is 0.409. The Morgan fingerprint density at radius 1 is 0.968 bits per heavy atom. The van der Waals surface area contributed by atoms with Gasteiger partial charge in [-0.3, -0.25) is 5.10 Å². The van der Waals surface area contributed by atoms with Crippen LogP contribution in [-0.2, 0) is 0 Å². The maximum atomic E-state index is 13.7. The molecule has 4 aromatic rings. The zero-order valence-corrected chi connectivity index (χ0v) is 17.3. The molecule has 0 radical (unpaired) electrons. The zero-order chi connectivity index (χ0) is 22.0. The first-order chi connectivity index (χ1) is 15.1. The number of aromatic nitrogens is 5. The van der Waals surface area contributed by atoms with E-state index >= 15 is 0 Å². The maximum Gasteiger partial charge on any atom is 0.229 e. The van der Waals surface area contributed by atoms with Gasteiger partial charge < -0.3 is 24.8 Å². The molecule has 0 saturated carbocycles. The summed E-state index contributed by atoms with van der Waals surface area (Å²) in [7, 11) is 6.34. The van der Waals surface area contributed by atoms with E-state index in [4.69, 9.17) is 14.2 Å². The molecule has 31 heavy (non-hydrogen) atoms. The van der Waals surface area contributed by atoms with Gasteiger partial charge in [0.2, 0.25) is 11.7 Å². The third-order valence-corrected chi connectivity index (χ3v) is 4.59. The maximum absolute atomic E-state index is 13.7. The molecule has 0 fully saturated rings. The molecule has 3 N–H and O–H groups in total. The molecule has 0 aliphatic heterocycles. The SMILES string of the molecule is CNc1nc(Nc2cc(OC)c(OC)c(OC)c2)ncc1-c1[nH]nc2ncc(F)cc12. The Kier molecular flexibility index (Phi) is 5.39. The number of hydrogen-bond acceptors (Lipinski definition) is 9. The molecule has 160 valence electrons. The predicted molar refractivity (Wildman–Crippen MR) is 114 cm³/mol. The van der Waals surface area contributed by atoms with Crippen molar-refractivity contribution in [3.63, 3.8) is 0 Å². The van der Waals surface area contributed by atoms with Crippen LogP contribution in [0.5, 0.6) is 17.2 Å². The molecule has 11 heteroatoms. The highest BCUT2D eigenvalue weighted by Gasteiger charge is 2.17. The van der Waals surface area contributed by atoms with E-state index in [0.29, 0.717) is 57.0 Å². The number of ether oxygens (including phenoxy) is 3. The average Bonchev–Trinajstić information content (AvgIpc) is 3.21. The standard InChI is InChI=1S/C20H20FN7O3/c1-22-18-13(16-12-5-10(21)8-23-19(12)28-27-16)9-24-20(26-18)25-11-6-14(29-2)17(31-4)15(7-11)30-3/h5-9H,1-4H3,(H,23,27,28)(H2,22,24,25,26). The second-order valence-electron chi connectivity index (χ2n) is 6.37. The molecule has 1 aromatic carbocycles. The van der Waals surface area contributed by atoms with Crippen molar-refractivity contribution in [3.8, 4) is 28.5 Å². The van der Waals surface area contributed by atoms with E-state index in [1.54, 1.807) is 25.4 Å². The van der Waals surface area contributed by atoms with E-state index < -0.39 is 5.82 Å². The normalized spacial score (nSPS) is 10.7. The van der Waals surface area contributed by atoms with Crippen molar-refractivity contribution in [3.05, 3.63) is 36.4 Å². The number of fused-ring (bicyclic) bond motifs is 1. The van der Waals surface area contributed by atoms with Crippen molar-refractivity contribution >= 4 is 28.5 Å². The molecule has 0 spiro atoms. The van der Waals surface area contributed by atoms with Crippen molar-refractivity contribution in [2.75, 3.05) is 39.0 Å². The summed E-state index contributed by atoms with van der Waals surface area (Å²) in [5, 5.41) is 13.7. The number of hydrogen-bond donors (Lipinski definition) is 3. The van der Waals surface area contributed by atoms with Gasteiger partial charge in [-0.25, -0.2) is 14.4 Å². The lowest BCUT2D eigenvalue weighted by atomic mass is 10.1. The first-order valence-electron chi connectivity index (χ1n) is 9.19. The smallest absolute Gasteiger partial charge is 0.229 e. The van der Waals surface area contributed by atoms with E-state index in [1.807, 2.05) is 0 Å². The van der Waals surface area contributed by atoms with Crippen LogP contribution in [0, 0.1) is 5.82 Å². The minimum atomic E-state index is -0.456. The minimum absolute atomic E-state index is 0.329. The van der Waals surface area contributed by atoms with Gasteiger partial charge in [-0.15, -0.1) is 0 Å². The van der Waals surface area contributed by atoms with Crippen LogP contribution >= 0.6 is 0 Å². The van der Waals surface area contributed by atoms with Crippen LogP contribution < -0.4 is 24.8 Å². The number of methoxy groups -OCH3 is 3. The Morgan fingerprint density at radius 2 is 1.71 bits per heavy atom. The van der Waals surface area contributed by atoms with Crippen LogP contribution in [0.4, 0.5) is 21.8 Å². The van der Waals surface area contributed by atoms with Gasteiger partial charge in [0.15, 0.2) is 17.1 Å². The van der Waals surface area contributed by atoms with Gasteiger partial charge >= 0.3 is 0 Å². The Labute approximate surface area is 176 Å². The van der Waals surface area contributed by atoms with Gasteiger partial charge in [-0.2, -0.15) is 10.1 Å². The summed E-state index contributed by atoms with van der Waals surface area (Å²) < 4.78 is 29.8. The summed E-state index contributed by atoms with van der Waals surface area (Å²) in [5.41, 5.74) is 2.22. The fourth-order valence-corrected chi connectivity index (χ4v) is 3.18. The second-order valence-corrected chi connectivity index (χ2v) is 6.37. The highest BCUT2D eigenvalue weighted by Crippen LogP contribution is 2.40. The Morgan fingerprint density at radius 3 is 2.35 bits per heavy atom. The van der Waals surface area contributed by atoms with E-state index in [-0.39, 0.29) is 0 Å². The number of nitrogens with zero attached hydrogens (tertiary/aromatic N) is 4. The molecule has 0 aliphatic rings. The summed E-state index contributed by atoms with van der Waals surface area (Å²) in [6.07, 6.45) is 2.73. The Balaban J connectivity index is 1.71. The number of H-pyrrole nitrogens is 1. The molecule has 0 bridgehead atoms. The third kappa shape index (κ3) is 3.72. The number of anilines is 3. The monoisotopic (exact) mass is 425 g/mol. The van der Waals surface area contributed by atoms with Gasteiger partial charge in [0, 0.05) is 36.5 Å². The lowest BCUT2D eigenvalue weighted by Crippen LogP contribution is -2.04. The Bertz CT molecular complexity index is 1220. The van der Waals surface area contributed by atoms with Gasteiger partial charge in [-0.05, 0) is 6.07 Å². The molecule has 0 amide bonds. The zero-order valence-electron chi connectivity index (χ0n) is 17.3. The van der Waals surface area contributed by atoms with Crippen LogP contribution in [-0.4, -0.2) is 53.5 Å². The van der Waals surface area contributed by atoms with Gasteiger partial charge in [0.1, 0.15) is 11.6 Å². The number of benzene rings is 1. The molecule has 0 unspecified atom stereocenters. The van der Waals surface area contributed by atoms with Crippen molar-refractivity contribution in [1.82, 2.24) is 25.1 Å². The van der Waals surface area contributed by atoms with E-state index in [1.165, 1.54) is 27.4 Å². The Hall–Kier alpha value is -4.15.